The summed E-state index contributed by atoms with van der Waals surface area (Å²) < 4.78 is 0.983. The van der Waals surface area contributed by atoms with Gasteiger partial charge in [0.25, 0.3) is 0 Å². The van der Waals surface area contributed by atoms with Crippen LogP contribution in [-0.2, 0) is 0 Å². The van der Waals surface area contributed by atoms with E-state index in [0.717, 1.165) is 21.4 Å². The quantitative estimate of drug-likeness (QED) is 0.775. The minimum Gasteiger partial charge on any atom is -0.255 e. The molecule has 0 atom stereocenters. The molecule has 2 aromatic heterocycles. The Balaban J connectivity index is 2.53. The normalized spacial score (nSPS) is 10.1. The first-order valence-corrected chi connectivity index (χ1v) is 5.10. The Labute approximate surface area is 91.2 Å². The Morgan fingerprint density at radius 1 is 1.21 bits per heavy atom. The molecule has 0 fully saturated rings. The molecule has 14 heavy (non-hydrogen) atoms. The van der Waals surface area contributed by atoms with Crippen molar-refractivity contribution >= 4 is 15.9 Å². The van der Waals surface area contributed by atoms with Crippen molar-refractivity contribution in [3.8, 4) is 11.4 Å². The molecular formula is C11H9BrN2. The van der Waals surface area contributed by atoms with Gasteiger partial charge in [0.1, 0.15) is 5.69 Å². The molecule has 2 heterocycles. The molecule has 0 aromatic carbocycles. The van der Waals surface area contributed by atoms with E-state index in [1.165, 1.54) is 0 Å². The smallest absolute Gasteiger partial charge is 0.103 e. The summed E-state index contributed by atoms with van der Waals surface area (Å²) in [5.41, 5.74) is 2.91. The molecule has 2 nitrogen and oxygen atoms in total. The van der Waals surface area contributed by atoms with Crippen LogP contribution in [0.2, 0.25) is 0 Å². The second-order valence-corrected chi connectivity index (χ2v) is 3.91. The van der Waals surface area contributed by atoms with Gasteiger partial charge in [-0.1, -0.05) is 6.07 Å². The highest BCUT2D eigenvalue weighted by molar-refractivity contribution is 9.10. The molecule has 0 aliphatic heterocycles. The van der Waals surface area contributed by atoms with Crippen LogP contribution in [0, 0.1) is 6.92 Å². The third-order valence-corrected chi connectivity index (χ3v) is 2.49. The van der Waals surface area contributed by atoms with Gasteiger partial charge in [-0.25, -0.2) is 0 Å². The van der Waals surface area contributed by atoms with Crippen LogP contribution < -0.4 is 0 Å². The van der Waals surface area contributed by atoms with E-state index in [4.69, 9.17) is 0 Å². The fraction of sp³-hybridized carbons (Fsp3) is 0.0909. The lowest BCUT2D eigenvalue weighted by molar-refractivity contribution is 1.21. The summed E-state index contributed by atoms with van der Waals surface area (Å²) in [6.07, 6.45) is 3.61. The molecule has 0 bridgehead atoms. The number of halogens is 1. The first kappa shape index (κ1) is 9.34. The van der Waals surface area contributed by atoms with Crippen molar-refractivity contribution in [2.75, 3.05) is 0 Å². The van der Waals surface area contributed by atoms with Crippen LogP contribution >= 0.6 is 15.9 Å². The zero-order chi connectivity index (χ0) is 9.97. The lowest BCUT2D eigenvalue weighted by atomic mass is 10.2. The molecule has 0 N–H and O–H groups in total. The fourth-order valence-electron chi connectivity index (χ4n) is 1.22. The number of hydrogen-bond donors (Lipinski definition) is 0. The van der Waals surface area contributed by atoms with E-state index < -0.39 is 0 Å². The Bertz CT molecular complexity index is 440. The van der Waals surface area contributed by atoms with Crippen molar-refractivity contribution in [1.82, 2.24) is 9.97 Å². The second-order valence-electron chi connectivity index (χ2n) is 3.06. The number of aromatic nitrogens is 2. The highest BCUT2D eigenvalue weighted by Crippen LogP contribution is 2.24. The van der Waals surface area contributed by atoms with Gasteiger partial charge in [-0.3, -0.25) is 9.97 Å². The Hall–Kier alpha value is -1.22. The molecule has 2 rings (SSSR count). The number of nitrogens with zero attached hydrogens (tertiary/aromatic N) is 2. The monoisotopic (exact) mass is 248 g/mol. The van der Waals surface area contributed by atoms with Crippen LogP contribution in [0.25, 0.3) is 11.4 Å². The summed E-state index contributed by atoms with van der Waals surface area (Å²) in [5, 5.41) is 0. The third-order valence-electron chi connectivity index (χ3n) is 1.89. The number of hydrogen-bond acceptors (Lipinski definition) is 2. The van der Waals surface area contributed by atoms with E-state index in [1.807, 2.05) is 37.4 Å². The largest absolute Gasteiger partial charge is 0.255 e. The number of rotatable bonds is 1. The highest BCUT2D eigenvalue weighted by Gasteiger charge is 2.04. The standard InChI is InChI=1S/C11H9BrN2/c1-8-6-9(12)11(14-7-8)10-4-2-3-5-13-10/h2-7H,1H3. The molecule has 0 amide bonds. The van der Waals surface area contributed by atoms with Gasteiger partial charge < -0.3 is 0 Å². The summed E-state index contributed by atoms with van der Waals surface area (Å²) in [6, 6.07) is 7.83. The summed E-state index contributed by atoms with van der Waals surface area (Å²) >= 11 is 3.48. The molecule has 0 spiro atoms. The Morgan fingerprint density at radius 3 is 2.71 bits per heavy atom. The van der Waals surface area contributed by atoms with E-state index in [0.29, 0.717) is 0 Å². The van der Waals surface area contributed by atoms with Crippen LogP contribution in [0.3, 0.4) is 0 Å². The van der Waals surface area contributed by atoms with E-state index >= 15 is 0 Å². The van der Waals surface area contributed by atoms with Crippen LogP contribution in [0.5, 0.6) is 0 Å². The molecule has 0 radical (unpaired) electrons. The first-order chi connectivity index (χ1) is 6.77. The van der Waals surface area contributed by atoms with Crippen molar-refractivity contribution in [1.29, 1.82) is 0 Å². The molecule has 0 unspecified atom stereocenters. The van der Waals surface area contributed by atoms with Crippen molar-refractivity contribution in [3.05, 3.63) is 46.7 Å². The van der Waals surface area contributed by atoms with Crippen molar-refractivity contribution in [2.45, 2.75) is 6.92 Å². The second kappa shape index (κ2) is 3.88. The predicted octanol–water partition coefficient (Wildman–Crippen LogP) is 3.21. The molecule has 2 aromatic rings. The lowest BCUT2D eigenvalue weighted by Crippen LogP contribution is -1.88. The Kier molecular flexibility index (Phi) is 2.59. The van der Waals surface area contributed by atoms with Gasteiger partial charge >= 0.3 is 0 Å². The fourth-order valence-corrected chi connectivity index (χ4v) is 1.89. The van der Waals surface area contributed by atoms with Crippen LogP contribution in [0.1, 0.15) is 5.56 Å². The molecule has 0 aliphatic carbocycles. The zero-order valence-electron chi connectivity index (χ0n) is 7.74. The topological polar surface area (TPSA) is 25.8 Å². The van der Waals surface area contributed by atoms with Crippen molar-refractivity contribution in [3.63, 3.8) is 0 Å². The van der Waals surface area contributed by atoms with E-state index in [1.54, 1.807) is 6.20 Å². The average molecular weight is 249 g/mol. The average Bonchev–Trinajstić information content (AvgIpc) is 2.19. The van der Waals surface area contributed by atoms with Gasteiger partial charge in [0.2, 0.25) is 0 Å². The van der Waals surface area contributed by atoms with Gasteiger partial charge in [-0.05, 0) is 46.6 Å². The maximum absolute atomic E-state index is 4.34. The van der Waals surface area contributed by atoms with E-state index in [9.17, 15) is 0 Å². The van der Waals surface area contributed by atoms with Gasteiger partial charge in [-0.2, -0.15) is 0 Å². The SMILES string of the molecule is Cc1cnc(-c2ccccn2)c(Br)c1. The summed E-state index contributed by atoms with van der Waals surface area (Å²) in [4.78, 5) is 8.59. The van der Waals surface area contributed by atoms with Crippen molar-refractivity contribution in [2.24, 2.45) is 0 Å². The first-order valence-electron chi connectivity index (χ1n) is 4.31. The van der Waals surface area contributed by atoms with Crippen molar-refractivity contribution < 1.29 is 0 Å². The van der Waals surface area contributed by atoms with Gasteiger partial charge in [-0.15, -0.1) is 0 Å². The summed E-state index contributed by atoms with van der Waals surface area (Å²) in [7, 11) is 0. The Morgan fingerprint density at radius 2 is 2.07 bits per heavy atom. The van der Waals surface area contributed by atoms with Crippen LogP contribution in [-0.4, -0.2) is 9.97 Å². The van der Waals surface area contributed by atoms with Crippen LogP contribution in [0.4, 0.5) is 0 Å². The van der Waals surface area contributed by atoms with E-state index in [2.05, 4.69) is 25.9 Å². The number of aryl methyl sites for hydroxylation is 1. The molecule has 0 saturated heterocycles. The molecule has 70 valence electrons. The van der Waals surface area contributed by atoms with E-state index in [-0.39, 0.29) is 0 Å². The predicted molar refractivity (Wildman–Crippen MR) is 59.9 cm³/mol. The summed E-state index contributed by atoms with van der Waals surface area (Å²) in [5.74, 6) is 0. The molecular weight excluding hydrogens is 240 g/mol. The zero-order valence-corrected chi connectivity index (χ0v) is 9.32. The maximum Gasteiger partial charge on any atom is 0.103 e. The van der Waals surface area contributed by atoms with Gasteiger partial charge in [0.05, 0.1) is 5.69 Å². The van der Waals surface area contributed by atoms with Gasteiger partial charge in [0, 0.05) is 16.9 Å². The molecule has 3 heteroatoms. The molecule has 0 saturated carbocycles. The third kappa shape index (κ3) is 1.82. The lowest BCUT2D eigenvalue weighted by Gasteiger charge is -2.02. The minimum absolute atomic E-state index is 0.885. The maximum atomic E-state index is 4.34. The number of pyridine rings is 2. The van der Waals surface area contributed by atoms with Crippen LogP contribution in [0.15, 0.2) is 41.1 Å². The summed E-state index contributed by atoms with van der Waals surface area (Å²) in [6.45, 7) is 2.01. The highest BCUT2D eigenvalue weighted by atomic mass is 79.9. The minimum atomic E-state index is 0.885. The van der Waals surface area contributed by atoms with Gasteiger partial charge in [0.15, 0.2) is 0 Å². The molecule has 0 aliphatic rings.